The summed E-state index contributed by atoms with van der Waals surface area (Å²) in [6.45, 7) is 5.07. The Morgan fingerprint density at radius 2 is 1.82 bits per heavy atom. The van der Waals surface area contributed by atoms with Gasteiger partial charge in [0.05, 0.1) is 12.9 Å². The van der Waals surface area contributed by atoms with Gasteiger partial charge >= 0.3 is 0 Å². The lowest BCUT2D eigenvalue weighted by molar-refractivity contribution is 0.697. The van der Waals surface area contributed by atoms with Gasteiger partial charge in [0.1, 0.15) is 5.84 Å². The van der Waals surface area contributed by atoms with Crippen molar-refractivity contribution in [3.05, 3.63) is 102 Å². The van der Waals surface area contributed by atoms with E-state index in [0.717, 1.165) is 48.2 Å². The highest BCUT2D eigenvalue weighted by atomic mass is 15.1. The van der Waals surface area contributed by atoms with E-state index in [9.17, 15) is 0 Å². The Labute approximate surface area is 231 Å². The number of nitrogens with one attached hydrogen (secondary N) is 1. The molecule has 198 valence electrons. The number of aromatic nitrogens is 3. The SMILES string of the molecule is CN=C(NC=NCC1=CC=C[C@@H](C)C1)C1CC(C)=CC=C1c1nc(C2=CCCC=C2)nc(-c2ccccc2)n1. The van der Waals surface area contributed by atoms with Gasteiger partial charge < -0.3 is 5.32 Å². The molecular weight excluding hydrogens is 480 g/mol. The van der Waals surface area contributed by atoms with E-state index in [4.69, 9.17) is 15.0 Å². The number of rotatable bonds is 7. The fourth-order valence-electron chi connectivity index (χ4n) is 5.10. The van der Waals surface area contributed by atoms with Crippen LogP contribution in [-0.2, 0) is 0 Å². The molecule has 0 spiro atoms. The molecule has 0 bridgehead atoms. The summed E-state index contributed by atoms with van der Waals surface area (Å²) < 4.78 is 0. The molecule has 6 heteroatoms. The van der Waals surface area contributed by atoms with Crippen LogP contribution in [0.5, 0.6) is 0 Å². The molecule has 5 rings (SSSR count). The lowest BCUT2D eigenvalue weighted by Crippen LogP contribution is -2.32. The van der Waals surface area contributed by atoms with Crippen molar-refractivity contribution in [1.82, 2.24) is 20.3 Å². The molecule has 1 N–H and O–H groups in total. The molecule has 0 radical (unpaired) electrons. The number of allylic oxidation sites excluding steroid dienone is 10. The van der Waals surface area contributed by atoms with Crippen molar-refractivity contribution in [3.8, 4) is 11.4 Å². The van der Waals surface area contributed by atoms with Crippen molar-refractivity contribution in [1.29, 1.82) is 0 Å². The van der Waals surface area contributed by atoms with Crippen LogP contribution in [0.2, 0.25) is 0 Å². The Bertz CT molecular complexity index is 1440. The molecule has 1 aromatic heterocycles. The molecule has 6 nitrogen and oxygen atoms in total. The molecule has 2 atom stereocenters. The fourth-order valence-corrected chi connectivity index (χ4v) is 5.10. The van der Waals surface area contributed by atoms with Crippen molar-refractivity contribution >= 4 is 23.3 Å². The van der Waals surface area contributed by atoms with Crippen LogP contribution in [0.4, 0.5) is 0 Å². The van der Waals surface area contributed by atoms with Crippen LogP contribution in [0.25, 0.3) is 22.5 Å². The predicted molar refractivity (Wildman–Crippen MR) is 162 cm³/mol. The Kier molecular flexibility index (Phi) is 8.51. The molecule has 3 aliphatic carbocycles. The average molecular weight is 517 g/mol. The van der Waals surface area contributed by atoms with E-state index in [2.05, 4.69) is 77.8 Å². The smallest absolute Gasteiger partial charge is 0.164 e. The summed E-state index contributed by atoms with van der Waals surface area (Å²) in [7, 11) is 1.82. The van der Waals surface area contributed by atoms with Crippen LogP contribution in [-0.4, -0.2) is 40.7 Å². The van der Waals surface area contributed by atoms with E-state index < -0.39 is 0 Å². The maximum absolute atomic E-state index is 4.99. The quantitative estimate of drug-likeness (QED) is 0.325. The fraction of sp³-hybridized carbons (Fsp3) is 0.303. The second-order valence-electron chi connectivity index (χ2n) is 10.3. The van der Waals surface area contributed by atoms with Gasteiger partial charge in [-0.3, -0.25) is 9.98 Å². The van der Waals surface area contributed by atoms with E-state index in [1.165, 1.54) is 11.1 Å². The monoisotopic (exact) mass is 516 g/mol. The Hall–Kier alpha value is -4.19. The summed E-state index contributed by atoms with van der Waals surface area (Å²) >= 11 is 0. The van der Waals surface area contributed by atoms with Gasteiger partial charge in [-0.2, -0.15) is 0 Å². The molecule has 0 saturated carbocycles. The Morgan fingerprint density at radius 3 is 2.59 bits per heavy atom. The van der Waals surface area contributed by atoms with Crippen LogP contribution in [0, 0.1) is 11.8 Å². The summed E-state index contributed by atoms with van der Waals surface area (Å²) in [6, 6.07) is 10.1. The van der Waals surface area contributed by atoms with Crippen LogP contribution in [0.3, 0.4) is 0 Å². The van der Waals surface area contributed by atoms with Crippen molar-refractivity contribution in [2.45, 2.75) is 39.5 Å². The molecule has 1 heterocycles. The molecule has 0 fully saturated rings. The first-order chi connectivity index (χ1) is 19.1. The summed E-state index contributed by atoms with van der Waals surface area (Å²) in [4.78, 5) is 24.1. The van der Waals surface area contributed by atoms with E-state index in [1.807, 2.05) is 37.4 Å². The summed E-state index contributed by atoms with van der Waals surface area (Å²) in [5.74, 6) is 3.46. The summed E-state index contributed by atoms with van der Waals surface area (Å²) in [6.07, 6.45) is 23.0. The number of aliphatic imine (C=N–C) groups is 2. The molecule has 39 heavy (non-hydrogen) atoms. The number of amidine groups is 1. The molecular formula is C33H36N6. The predicted octanol–water partition coefficient (Wildman–Crippen LogP) is 6.79. The highest BCUT2D eigenvalue weighted by Gasteiger charge is 2.27. The lowest BCUT2D eigenvalue weighted by Gasteiger charge is -2.25. The van der Waals surface area contributed by atoms with E-state index in [-0.39, 0.29) is 5.92 Å². The second kappa shape index (κ2) is 12.6. The Balaban J connectivity index is 1.45. The number of hydrogen-bond acceptors (Lipinski definition) is 5. The van der Waals surface area contributed by atoms with Crippen LogP contribution >= 0.6 is 0 Å². The summed E-state index contributed by atoms with van der Waals surface area (Å²) in [5, 5.41) is 3.39. The van der Waals surface area contributed by atoms with Gasteiger partial charge in [0, 0.05) is 29.7 Å². The minimum absolute atomic E-state index is 0.0157. The normalized spacial score (nSPS) is 21.4. The molecule has 1 aromatic carbocycles. The van der Waals surface area contributed by atoms with E-state index in [0.29, 0.717) is 29.9 Å². The van der Waals surface area contributed by atoms with Gasteiger partial charge in [-0.15, -0.1) is 0 Å². The number of nitrogens with zero attached hydrogens (tertiary/aromatic N) is 5. The highest BCUT2D eigenvalue weighted by molar-refractivity contribution is 6.01. The van der Waals surface area contributed by atoms with Gasteiger partial charge in [0.25, 0.3) is 0 Å². The number of hydrogen-bond donors (Lipinski definition) is 1. The minimum atomic E-state index is -0.0157. The maximum Gasteiger partial charge on any atom is 0.164 e. The van der Waals surface area contributed by atoms with Gasteiger partial charge in [-0.25, -0.2) is 15.0 Å². The van der Waals surface area contributed by atoms with Gasteiger partial charge in [0.15, 0.2) is 17.5 Å². The van der Waals surface area contributed by atoms with Crippen molar-refractivity contribution in [3.63, 3.8) is 0 Å². The van der Waals surface area contributed by atoms with Crippen LogP contribution in [0.1, 0.15) is 51.2 Å². The zero-order valence-corrected chi connectivity index (χ0v) is 23.0. The molecule has 0 amide bonds. The van der Waals surface area contributed by atoms with Gasteiger partial charge in [0.2, 0.25) is 0 Å². The van der Waals surface area contributed by atoms with Crippen LogP contribution in [0.15, 0.2) is 100 Å². The zero-order valence-electron chi connectivity index (χ0n) is 23.0. The largest absolute Gasteiger partial charge is 0.335 e. The topological polar surface area (TPSA) is 75.4 Å². The zero-order chi connectivity index (χ0) is 27.0. The first-order valence-corrected chi connectivity index (χ1v) is 13.7. The summed E-state index contributed by atoms with van der Waals surface area (Å²) in [5.41, 5.74) is 5.66. The third-order valence-electron chi connectivity index (χ3n) is 7.15. The minimum Gasteiger partial charge on any atom is -0.335 e. The molecule has 1 unspecified atom stereocenters. The third kappa shape index (κ3) is 6.63. The van der Waals surface area contributed by atoms with E-state index in [1.54, 1.807) is 6.34 Å². The molecule has 3 aliphatic rings. The van der Waals surface area contributed by atoms with Crippen LogP contribution < -0.4 is 5.32 Å². The van der Waals surface area contributed by atoms with Gasteiger partial charge in [-0.05, 0) is 44.1 Å². The Morgan fingerprint density at radius 1 is 1.00 bits per heavy atom. The number of benzene rings is 1. The average Bonchev–Trinajstić information content (AvgIpc) is 2.98. The maximum atomic E-state index is 4.99. The third-order valence-corrected chi connectivity index (χ3v) is 7.15. The van der Waals surface area contributed by atoms with Crippen molar-refractivity contribution in [2.24, 2.45) is 21.8 Å². The van der Waals surface area contributed by atoms with Crippen molar-refractivity contribution < 1.29 is 0 Å². The van der Waals surface area contributed by atoms with Gasteiger partial charge in [-0.1, -0.05) is 91.4 Å². The standard InChI is InChI=1S/C33H36N6/c1-23-11-10-12-25(19-23)21-35-22-36-32(34-3)29-20-24(2)17-18-28(29)33-38-30(26-13-6-4-7-14-26)37-31(39-33)27-15-8-5-9-16-27/h4,6-8,10-18,22-23,29H,5,9,19-21H2,1-3H3,(H,34,35,36)/t23-,29?/m1/s1. The second-order valence-corrected chi connectivity index (χ2v) is 10.3. The molecule has 0 saturated heterocycles. The highest BCUT2D eigenvalue weighted by Crippen LogP contribution is 2.33. The first kappa shape index (κ1) is 26.4. The molecule has 2 aromatic rings. The molecule has 0 aliphatic heterocycles. The first-order valence-electron chi connectivity index (χ1n) is 13.7. The lowest BCUT2D eigenvalue weighted by atomic mass is 9.86. The van der Waals surface area contributed by atoms with E-state index >= 15 is 0 Å². The van der Waals surface area contributed by atoms with Crippen molar-refractivity contribution in [2.75, 3.05) is 13.6 Å².